The van der Waals surface area contributed by atoms with Crippen molar-refractivity contribution in [2.75, 3.05) is 19.8 Å². The summed E-state index contributed by atoms with van der Waals surface area (Å²) in [4.78, 5) is 25.2. The third-order valence-electron chi connectivity index (χ3n) is 19.9. The summed E-state index contributed by atoms with van der Waals surface area (Å²) in [6, 6.07) is -0.832. The highest BCUT2D eigenvalue weighted by Gasteiger charge is 2.44. The molecular formula is C85H159NO10. The second-order valence-electron chi connectivity index (χ2n) is 29.2. The van der Waals surface area contributed by atoms with Crippen molar-refractivity contribution in [3.63, 3.8) is 0 Å². The van der Waals surface area contributed by atoms with Gasteiger partial charge in [-0.1, -0.05) is 377 Å². The largest absolute Gasteiger partial charge is 0.466 e. The third kappa shape index (κ3) is 61.5. The molecule has 1 aliphatic heterocycles. The summed E-state index contributed by atoms with van der Waals surface area (Å²) >= 11 is 0. The SMILES string of the molecule is CCCC/C=C/CC/C=C/CC/C=C/C(O)C(COC1OC(CO)C(O)C(O)C1O)NC(=O)CCCCCCCCCCCCCCCCCCC/C=C\CCCCCCCCCCCCCCCCCCCCOC(=O)CCCCCCCCCCCCCCCCCCC. The fourth-order valence-electron chi connectivity index (χ4n) is 13.3. The lowest BCUT2D eigenvalue weighted by Gasteiger charge is -2.40. The number of carbonyl (C=O) groups is 2. The van der Waals surface area contributed by atoms with Crippen LogP contribution in [0.4, 0.5) is 0 Å². The molecule has 1 amide bonds. The monoisotopic (exact) mass is 1350 g/mol. The van der Waals surface area contributed by atoms with Crippen molar-refractivity contribution >= 4 is 11.9 Å². The molecule has 564 valence electrons. The fraction of sp³-hybridized carbons (Fsp3) is 0.882. The van der Waals surface area contributed by atoms with Crippen molar-refractivity contribution in [3.8, 4) is 0 Å². The van der Waals surface area contributed by atoms with Crippen LogP contribution in [0.3, 0.4) is 0 Å². The topological polar surface area (TPSA) is 175 Å². The molecule has 6 N–H and O–H groups in total. The highest BCUT2D eigenvalue weighted by molar-refractivity contribution is 5.76. The Labute approximate surface area is 593 Å². The highest BCUT2D eigenvalue weighted by atomic mass is 16.7. The van der Waals surface area contributed by atoms with Gasteiger partial charge >= 0.3 is 5.97 Å². The van der Waals surface area contributed by atoms with Crippen LogP contribution in [0.1, 0.15) is 418 Å². The molecule has 11 nitrogen and oxygen atoms in total. The molecule has 1 rings (SSSR count). The maximum atomic E-state index is 13.1. The Balaban J connectivity index is 1.86. The van der Waals surface area contributed by atoms with E-state index in [-0.39, 0.29) is 18.5 Å². The number of unbranched alkanes of at least 4 members (excludes halogenated alkanes) is 55. The summed E-state index contributed by atoms with van der Waals surface area (Å²) in [5, 5.41) is 54.5. The van der Waals surface area contributed by atoms with Gasteiger partial charge in [0.25, 0.3) is 0 Å². The molecule has 7 unspecified atom stereocenters. The average molecular weight is 1360 g/mol. The van der Waals surface area contributed by atoms with E-state index in [4.69, 9.17) is 14.2 Å². The van der Waals surface area contributed by atoms with Crippen LogP contribution in [0, 0.1) is 0 Å². The number of rotatable bonds is 75. The Kier molecular flexibility index (Phi) is 70.5. The van der Waals surface area contributed by atoms with E-state index in [1.165, 1.54) is 327 Å². The van der Waals surface area contributed by atoms with Crippen LogP contribution in [0.5, 0.6) is 0 Å². The van der Waals surface area contributed by atoms with Gasteiger partial charge in [-0.2, -0.15) is 0 Å². The van der Waals surface area contributed by atoms with Crippen LogP contribution >= 0.6 is 0 Å². The number of hydrogen-bond donors (Lipinski definition) is 6. The molecular weight excluding hydrogens is 1190 g/mol. The van der Waals surface area contributed by atoms with Crippen molar-refractivity contribution in [2.24, 2.45) is 0 Å². The summed E-state index contributed by atoms with van der Waals surface area (Å²) in [5.41, 5.74) is 0. The smallest absolute Gasteiger partial charge is 0.305 e. The van der Waals surface area contributed by atoms with Crippen LogP contribution in [0.25, 0.3) is 0 Å². The molecule has 1 heterocycles. The average Bonchev–Trinajstić information content (AvgIpc) is 0.852. The van der Waals surface area contributed by atoms with Crippen LogP contribution in [-0.2, 0) is 23.8 Å². The predicted molar refractivity (Wildman–Crippen MR) is 407 cm³/mol. The zero-order valence-corrected chi connectivity index (χ0v) is 63.1. The molecule has 11 heteroatoms. The van der Waals surface area contributed by atoms with Crippen LogP contribution in [-0.4, -0.2) is 100 Å². The maximum Gasteiger partial charge on any atom is 0.305 e. The van der Waals surface area contributed by atoms with Crippen LogP contribution in [0.15, 0.2) is 48.6 Å². The first-order valence-corrected chi connectivity index (χ1v) is 41.9. The van der Waals surface area contributed by atoms with Gasteiger partial charge in [-0.05, 0) is 77.0 Å². The molecule has 96 heavy (non-hydrogen) atoms. The number of carbonyl (C=O) groups excluding carboxylic acids is 2. The lowest BCUT2D eigenvalue weighted by molar-refractivity contribution is -0.302. The minimum atomic E-state index is -1.58. The van der Waals surface area contributed by atoms with Crippen molar-refractivity contribution in [2.45, 2.75) is 461 Å². The zero-order chi connectivity index (χ0) is 69.4. The zero-order valence-electron chi connectivity index (χ0n) is 63.1. The Hall–Kier alpha value is -2.38. The molecule has 1 fully saturated rings. The van der Waals surface area contributed by atoms with Crippen molar-refractivity contribution in [1.82, 2.24) is 5.32 Å². The molecule has 0 aromatic carbocycles. The van der Waals surface area contributed by atoms with E-state index in [0.29, 0.717) is 19.4 Å². The molecule has 0 aromatic heterocycles. The summed E-state index contributed by atoms with van der Waals surface area (Å²) in [7, 11) is 0. The molecule has 0 bridgehead atoms. The Morgan fingerprint density at radius 3 is 1.06 bits per heavy atom. The number of amides is 1. The van der Waals surface area contributed by atoms with Gasteiger partial charge in [0.05, 0.1) is 32.0 Å². The summed E-state index contributed by atoms with van der Waals surface area (Å²) < 4.78 is 16.8. The van der Waals surface area contributed by atoms with Crippen molar-refractivity contribution in [1.29, 1.82) is 0 Å². The number of aliphatic hydroxyl groups excluding tert-OH is 5. The molecule has 0 saturated carbocycles. The second kappa shape index (κ2) is 73.8. The number of aliphatic hydroxyl groups is 5. The normalized spacial score (nSPS) is 17.5. The van der Waals surface area contributed by atoms with E-state index in [0.717, 1.165) is 64.2 Å². The van der Waals surface area contributed by atoms with Crippen LogP contribution in [0.2, 0.25) is 0 Å². The first-order valence-electron chi connectivity index (χ1n) is 41.9. The summed E-state index contributed by atoms with van der Waals surface area (Å²) in [6.45, 7) is 4.33. The quantitative estimate of drug-likeness (QED) is 0.0195. The maximum absolute atomic E-state index is 13.1. The number of allylic oxidation sites excluding steroid dienone is 7. The molecule has 0 aliphatic carbocycles. The van der Waals surface area contributed by atoms with Crippen LogP contribution < -0.4 is 5.32 Å². The number of esters is 1. The van der Waals surface area contributed by atoms with E-state index in [1.807, 2.05) is 6.08 Å². The molecule has 7 atom stereocenters. The van der Waals surface area contributed by atoms with Gasteiger partial charge in [-0.15, -0.1) is 0 Å². The highest BCUT2D eigenvalue weighted by Crippen LogP contribution is 2.24. The van der Waals surface area contributed by atoms with Gasteiger partial charge in [-0.3, -0.25) is 9.59 Å². The van der Waals surface area contributed by atoms with Gasteiger partial charge in [0.15, 0.2) is 6.29 Å². The minimum Gasteiger partial charge on any atom is -0.466 e. The van der Waals surface area contributed by atoms with Crippen molar-refractivity contribution < 1.29 is 49.3 Å². The van der Waals surface area contributed by atoms with E-state index >= 15 is 0 Å². The molecule has 0 aromatic rings. The van der Waals surface area contributed by atoms with Gasteiger partial charge in [0.2, 0.25) is 5.91 Å². The first-order chi connectivity index (χ1) is 47.2. The fourth-order valence-corrected chi connectivity index (χ4v) is 13.3. The lowest BCUT2D eigenvalue weighted by atomic mass is 9.99. The van der Waals surface area contributed by atoms with Gasteiger partial charge in [0.1, 0.15) is 24.4 Å². The van der Waals surface area contributed by atoms with Crippen molar-refractivity contribution in [3.05, 3.63) is 48.6 Å². The summed E-state index contributed by atoms with van der Waals surface area (Å²) in [5.74, 6) is -0.170. The second-order valence-corrected chi connectivity index (χ2v) is 29.2. The lowest BCUT2D eigenvalue weighted by Crippen LogP contribution is -2.60. The Bertz CT molecular complexity index is 1740. The molecule has 0 radical (unpaired) electrons. The standard InChI is InChI=1S/C85H159NO10/c1-3-5-7-9-11-13-15-17-18-42-46-49-53-57-61-65-69-73-81(90)94-74-70-66-62-58-54-50-47-44-41-39-37-35-33-31-29-27-25-23-21-19-20-22-24-26-28-30-32-34-36-38-40-43-45-48-52-56-60-64-68-72-80(89)86-77(76-95-85-84(93)83(92)82(91)79(75-87)96-85)78(88)71-67-63-59-55-51-16-14-12-10-8-6-4-2/h10,12,19-20,51,55,67,71,77-79,82-85,87-88,91-93H,3-9,11,13-18,21-50,52-54,56-66,68-70,72-76H2,1-2H3,(H,86,89)/b12-10+,20-19-,55-51+,71-67+. The Morgan fingerprint density at radius 1 is 0.375 bits per heavy atom. The number of ether oxygens (including phenoxy) is 3. The first kappa shape index (κ1) is 91.6. The van der Waals surface area contributed by atoms with Gasteiger partial charge in [-0.25, -0.2) is 0 Å². The van der Waals surface area contributed by atoms with Gasteiger partial charge in [0, 0.05) is 12.8 Å². The summed E-state index contributed by atoms with van der Waals surface area (Å²) in [6.07, 6.45) is 88.9. The molecule has 0 spiro atoms. The third-order valence-corrected chi connectivity index (χ3v) is 19.9. The Morgan fingerprint density at radius 2 is 0.688 bits per heavy atom. The van der Waals surface area contributed by atoms with E-state index in [9.17, 15) is 35.1 Å². The molecule has 1 aliphatic rings. The van der Waals surface area contributed by atoms with E-state index < -0.39 is 49.5 Å². The number of hydrogen-bond acceptors (Lipinski definition) is 10. The van der Waals surface area contributed by atoms with E-state index in [1.54, 1.807) is 6.08 Å². The predicted octanol–water partition coefficient (Wildman–Crippen LogP) is 23.0. The van der Waals surface area contributed by atoms with E-state index in [2.05, 4.69) is 55.6 Å². The minimum absolute atomic E-state index is 0.0211. The number of nitrogens with one attached hydrogen (secondary N) is 1. The molecule has 1 saturated heterocycles. The van der Waals surface area contributed by atoms with Gasteiger partial charge < -0.3 is 45.1 Å².